The summed E-state index contributed by atoms with van der Waals surface area (Å²) in [5.74, 6) is 0. The lowest BCUT2D eigenvalue weighted by atomic mass is 10.0. The number of hydrogen-bond donors (Lipinski definition) is 4. The molecule has 0 bridgehead atoms. The molecule has 4 N–H and O–H groups in total. The van der Waals surface area contributed by atoms with Gasteiger partial charge in [0, 0.05) is 12.6 Å². The Morgan fingerprint density at radius 3 is 2.46 bits per heavy atom. The fourth-order valence-electron chi connectivity index (χ4n) is 2.45. The summed E-state index contributed by atoms with van der Waals surface area (Å²) in [4.78, 5) is 1.79. The number of fused-ring (bicyclic) bond motifs is 1. The van der Waals surface area contributed by atoms with Gasteiger partial charge in [0.2, 0.25) is 0 Å². The van der Waals surface area contributed by atoms with Crippen molar-refractivity contribution < 1.29 is 20.4 Å². The highest BCUT2D eigenvalue weighted by Crippen LogP contribution is 2.32. The molecule has 2 aliphatic rings. The standard InChI is InChI=1S/C8H15NO4/c10-3-6-8(13)7(12)5-1-4(11)2-9(5)6/h4-8,10-13H,1-3H2/t4-,5-,6-,7+,8+/m1/s1. The summed E-state index contributed by atoms with van der Waals surface area (Å²) in [6, 6.07) is -0.612. The molecule has 0 amide bonds. The SMILES string of the molecule is OC[C@@H]1[C@H](O)[C@@H](O)[C@H]2C[C@@H](O)CN12. The van der Waals surface area contributed by atoms with E-state index in [0.717, 1.165) is 0 Å². The van der Waals surface area contributed by atoms with E-state index in [1.54, 1.807) is 4.90 Å². The quantitative estimate of drug-likeness (QED) is 0.367. The molecule has 0 radical (unpaired) electrons. The van der Waals surface area contributed by atoms with Crippen LogP contribution < -0.4 is 0 Å². The summed E-state index contributed by atoms with van der Waals surface area (Å²) in [6.45, 7) is 0.255. The molecule has 2 saturated heterocycles. The van der Waals surface area contributed by atoms with Crippen LogP contribution in [0.25, 0.3) is 0 Å². The first kappa shape index (κ1) is 9.36. The van der Waals surface area contributed by atoms with E-state index in [4.69, 9.17) is 5.11 Å². The number of aliphatic hydroxyl groups excluding tert-OH is 4. The third-order valence-corrected chi connectivity index (χ3v) is 3.11. The minimum absolute atomic E-state index is 0.179. The molecule has 0 saturated carbocycles. The van der Waals surface area contributed by atoms with Gasteiger partial charge in [0.15, 0.2) is 0 Å². The second kappa shape index (κ2) is 3.18. The van der Waals surface area contributed by atoms with Crippen LogP contribution in [0.3, 0.4) is 0 Å². The van der Waals surface area contributed by atoms with Crippen LogP contribution in [0, 0.1) is 0 Å². The van der Waals surface area contributed by atoms with Gasteiger partial charge in [-0.15, -0.1) is 0 Å². The van der Waals surface area contributed by atoms with Crippen LogP contribution in [0.1, 0.15) is 6.42 Å². The van der Waals surface area contributed by atoms with Crippen LogP contribution in [0.4, 0.5) is 0 Å². The molecule has 2 rings (SSSR count). The third-order valence-electron chi connectivity index (χ3n) is 3.11. The third kappa shape index (κ3) is 1.28. The summed E-state index contributed by atoms with van der Waals surface area (Å²) < 4.78 is 0. The van der Waals surface area contributed by atoms with E-state index in [9.17, 15) is 15.3 Å². The second-order valence-electron chi connectivity index (χ2n) is 3.88. The van der Waals surface area contributed by atoms with Crippen LogP contribution in [-0.4, -0.2) is 68.9 Å². The highest BCUT2D eigenvalue weighted by molar-refractivity contribution is 5.05. The van der Waals surface area contributed by atoms with E-state index in [2.05, 4.69) is 0 Å². The molecule has 0 aromatic rings. The molecular formula is C8H15NO4. The Morgan fingerprint density at radius 2 is 1.85 bits per heavy atom. The zero-order valence-electron chi connectivity index (χ0n) is 7.24. The summed E-state index contributed by atoms with van der Waals surface area (Å²) in [6.07, 6.45) is -1.69. The lowest BCUT2D eigenvalue weighted by molar-refractivity contribution is 0.00859. The number of rotatable bonds is 1. The Labute approximate surface area is 76.2 Å². The molecule has 76 valence electrons. The van der Waals surface area contributed by atoms with Crippen molar-refractivity contribution in [2.45, 2.75) is 36.8 Å². The molecule has 0 spiro atoms. The average molecular weight is 189 g/mol. The number of hydrogen-bond acceptors (Lipinski definition) is 5. The van der Waals surface area contributed by atoms with Crippen molar-refractivity contribution in [2.75, 3.05) is 13.2 Å². The van der Waals surface area contributed by atoms with Gasteiger partial charge in [0.1, 0.15) is 0 Å². The van der Waals surface area contributed by atoms with Gasteiger partial charge in [0.05, 0.1) is 31.0 Å². The fraction of sp³-hybridized carbons (Fsp3) is 1.00. The van der Waals surface area contributed by atoms with Gasteiger partial charge in [-0.1, -0.05) is 0 Å². The van der Waals surface area contributed by atoms with E-state index >= 15 is 0 Å². The zero-order valence-corrected chi connectivity index (χ0v) is 7.24. The summed E-state index contributed by atoms with van der Waals surface area (Å²) >= 11 is 0. The van der Waals surface area contributed by atoms with E-state index in [1.807, 2.05) is 0 Å². The van der Waals surface area contributed by atoms with Crippen molar-refractivity contribution >= 4 is 0 Å². The molecule has 2 heterocycles. The predicted octanol–water partition coefficient (Wildman–Crippen LogP) is -2.48. The van der Waals surface area contributed by atoms with Gasteiger partial charge in [0.25, 0.3) is 0 Å². The van der Waals surface area contributed by atoms with Crippen molar-refractivity contribution in [1.82, 2.24) is 4.90 Å². The molecule has 0 unspecified atom stereocenters. The zero-order chi connectivity index (χ0) is 9.59. The summed E-state index contributed by atoms with van der Waals surface area (Å²) in [7, 11) is 0. The van der Waals surface area contributed by atoms with E-state index in [-0.39, 0.29) is 12.6 Å². The van der Waals surface area contributed by atoms with Crippen LogP contribution in [0.15, 0.2) is 0 Å². The smallest absolute Gasteiger partial charge is 0.0991 e. The van der Waals surface area contributed by atoms with Gasteiger partial charge in [-0.25, -0.2) is 0 Å². The maximum atomic E-state index is 9.57. The molecule has 5 nitrogen and oxygen atoms in total. The first-order valence-electron chi connectivity index (χ1n) is 4.56. The predicted molar refractivity (Wildman–Crippen MR) is 44.0 cm³/mol. The van der Waals surface area contributed by atoms with Gasteiger partial charge in [-0.2, -0.15) is 0 Å². The van der Waals surface area contributed by atoms with E-state index in [0.29, 0.717) is 13.0 Å². The Hall–Kier alpha value is -0.200. The first-order chi connectivity index (χ1) is 6.15. The number of aliphatic hydroxyl groups is 4. The molecule has 2 aliphatic heterocycles. The number of nitrogens with zero attached hydrogens (tertiary/aromatic N) is 1. The van der Waals surface area contributed by atoms with Gasteiger partial charge >= 0.3 is 0 Å². The Bertz CT molecular complexity index is 199. The summed E-state index contributed by atoms with van der Waals surface area (Å²) in [5.41, 5.74) is 0. The van der Waals surface area contributed by atoms with Crippen LogP contribution in [0.5, 0.6) is 0 Å². The van der Waals surface area contributed by atoms with Crippen molar-refractivity contribution in [1.29, 1.82) is 0 Å². The molecule has 5 heteroatoms. The van der Waals surface area contributed by atoms with Crippen molar-refractivity contribution in [2.24, 2.45) is 0 Å². The highest BCUT2D eigenvalue weighted by Gasteiger charge is 2.51. The molecule has 0 aromatic heterocycles. The lowest BCUT2D eigenvalue weighted by Crippen LogP contribution is -2.40. The average Bonchev–Trinajstić information content (AvgIpc) is 2.54. The largest absolute Gasteiger partial charge is 0.395 e. The maximum absolute atomic E-state index is 9.57. The topological polar surface area (TPSA) is 84.2 Å². The monoisotopic (exact) mass is 189 g/mol. The Kier molecular flexibility index (Phi) is 2.29. The fourth-order valence-corrected chi connectivity index (χ4v) is 2.45. The van der Waals surface area contributed by atoms with E-state index < -0.39 is 24.4 Å². The van der Waals surface area contributed by atoms with Crippen molar-refractivity contribution in [3.05, 3.63) is 0 Å². The minimum Gasteiger partial charge on any atom is -0.395 e. The van der Waals surface area contributed by atoms with E-state index in [1.165, 1.54) is 0 Å². The molecular weight excluding hydrogens is 174 g/mol. The van der Waals surface area contributed by atoms with Crippen molar-refractivity contribution in [3.8, 4) is 0 Å². The molecule has 13 heavy (non-hydrogen) atoms. The normalized spacial score (nSPS) is 51.2. The minimum atomic E-state index is -0.887. The molecule has 0 aromatic carbocycles. The Balaban J connectivity index is 2.15. The summed E-state index contributed by atoms with van der Waals surface area (Å²) in [5, 5.41) is 37.4. The van der Waals surface area contributed by atoms with Crippen LogP contribution in [0.2, 0.25) is 0 Å². The molecule has 0 aliphatic carbocycles. The molecule has 2 fully saturated rings. The first-order valence-corrected chi connectivity index (χ1v) is 4.56. The second-order valence-corrected chi connectivity index (χ2v) is 3.88. The lowest BCUT2D eigenvalue weighted by Gasteiger charge is -2.22. The Morgan fingerprint density at radius 1 is 1.15 bits per heavy atom. The van der Waals surface area contributed by atoms with Gasteiger partial charge in [-0.05, 0) is 6.42 Å². The van der Waals surface area contributed by atoms with Crippen LogP contribution >= 0.6 is 0 Å². The van der Waals surface area contributed by atoms with Crippen LogP contribution in [-0.2, 0) is 0 Å². The van der Waals surface area contributed by atoms with Crippen molar-refractivity contribution in [3.63, 3.8) is 0 Å². The molecule has 5 atom stereocenters. The van der Waals surface area contributed by atoms with Gasteiger partial charge in [-0.3, -0.25) is 4.90 Å². The van der Waals surface area contributed by atoms with Gasteiger partial charge < -0.3 is 20.4 Å². The maximum Gasteiger partial charge on any atom is 0.0991 e. The highest BCUT2D eigenvalue weighted by atomic mass is 16.3.